The van der Waals surface area contributed by atoms with Crippen molar-refractivity contribution in [1.29, 1.82) is 0 Å². The molecule has 1 saturated carbocycles. The Bertz CT molecular complexity index is 452. The van der Waals surface area contributed by atoms with E-state index in [2.05, 4.69) is 29.6 Å². The van der Waals surface area contributed by atoms with Crippen LogP contribution in [0.3, 0.4) is 0 Å². The van der Waals surface area contributed by atoms with Gasteiger partial charge >= 0.3 is 6.03 Å². The summed E-state index contributed by atoms with van der Waals surface area (Å²) in [5.74, 6) is 0. The Balaban J connectivity index is 1.66. The molecule has 3 rings (SSSR count). The number of carbonyl (C=O) groups excluding carboxylic acids is 1. The fourth-order valence-corrected chi connectivity index (χ4v) is 3.21. The second-order valence-corrected chi connectivity index (χ2v) is 5.72. The van der Waals surface area contributed by atoms with E-state index in [1.54, 1.807) is 0 Å². The first-order valence-electron chi connectivity index (χ1n) is 7.45. The summed E-state index contributed by atoms with van der Waals surface area (Å²) >= 11 is 0. The Kier molecular flexibility index (Phi) is 3.72. The summed E-state index contributed by atoms with van der Waals surface area (Å²) in [5.41, 5.74) is 2.71. The second-order valence-electron chi connectivity index (χ2n) is 5.72. The lowest BCUT2D eigenvalue weighted by Gasteiger charge is -2.23. The molecule has 102 valence electrons. The van der Waals surface area contributed by atoms with Gasteiger partial charge in [-0.05, 0) is 36.8 Å². The van der Waals surface area contributed by atoms with Crippen molar-refractivity contribution in [1.82, 2.24) is 10.2 Å². The van der Waals surface area contributed by atoms with Gasteiger partial charge in [-0.25, -0.2) is 4.79 Å². The Hall–Kier alpha value is -1.51. The van der Waals surface area contributed by atoms with Gasteiger partial charge in [-0.3, -0.25) is 0 Å². The fraction of sp³-hybridized carbons (Fsp3) is 0.562. The minimum Gasteiger partial charge on any atom is -0.335 e. The highest BCUT2D eigenvalue weighted by Crippen LogP contribution is 2.20. The van der Waals surface area contributed by atoms with Gasteiger partial charge in [-0.2, -0.15) is 0 Å². The zero-order valence-electron chi connectivity index (χ0n) is 11.4. The molecule has 1 N–H and O–H groups in total. The van der Waals surface area contributed by atoms with Gasteiger partial charge in [0.2, 0.25) is 0 Å². The normalized spacial score (nSPS) is 19.9. The van der Waals surface area contributed by atoms with Gasteiger partial charge in [0.1, 0.15) is 0 Å². The summed E-state index contributed by atoms with van der Waals surface area (Å²) in [4.78, 5) is 14.3. The van der Waals surface area contributed by atoms with Crippen molar-refractivity contribution in [2.75, 3.05) is 6.54 Å². The molecule has 1 aromatic rings. The first-order chi connectivity index (χ1) is 9.33. The maximum absolute atomic E-state index is 12.3. The monoisotopic (exact) mass is 258 g/mol. The summed E-state index contributed by atoms with van der Waals surface area (Å²) in [6.45, 7) is 1.63. The van der Waals surface area contributed by atoms with E-state index in [0.717, 1.165) is 38.8 Å². The van der Waals surface area contributed by atoms with Gasteiger partial charge in [0, 0.05) is 19.1 Å². The summed E-state index contributed by atoms with van der Waals surface area (Å²) in [6.07, 6.45) is 6.96. The van der Waals surface area contributed by atoms with Gasteiger partial charge in [-0.15, -0.1) is 0 Å². The average molecular weight is 258 g/mol. The molecular formula is C16H22N2O. The van der Waals surface area contributed by atoms with Crippen molar-refractivity contribution in [2.24, 2.45) is 0 Å². The van der Waals surface area contributed by atoms with Gasteiger partial charge in [0.25, 0.3) is 0 Å². The largest absolute Gasteiger partial charge is 0.335 e. The third kappa shape index (κ3) is 2.91. The van der Waals surface area contributed by atoms with Crippen LogP contribution in [0, 0.1) is 0 Å². The first kappa shape index (κ1) is 12.5. The highest BCUT2D eigenvalue weighted by Gasteiger charge is 2.22. The molecule has 0 saturated heterocycles. The van der Waals surface area contributed by atoms with Crippen LogP contribution in [0.15, 0.2) is 24.3 Å². The number of hydrogen-bond donors (Lipinski definition) is 1. The second kappa shape index (κ2) is 5.64. The van der Waals surface area contributed by atoms with Gasteiger partial charge in [0.05, 0.1) is 0 Å². The smallest absolute Gasteiger partial charge is 0.317 e. The minimum absolute atomic E-state index is 0.128. The predicted octanol–water partition coefficient (Wildman–Crippen LogP) is 3.09. The van der Waals surface area contributed by atoms with Crippen LogP contribution in [0.25, 0.3) is 0 Å². The maximum atomic E-state index is 12.3. The summed E-state index contributed by atoms with van der Waals surface area (Å²) in [7, 11) is 0. The Morgan fingerprint density at radius 3 is 2.63 bits per heavy atom. The van der Waals surface area contributed by atoms with Crippen molar-refractivity contribution >= 4 is 6.03 Å². The van der Waals surface area contributed by atoms with Crippen LogP contribution in [-0.2, 0) is 13.0 Å². The van der Waals surface area contributed by atoms with E-state index in [0.29, 0.717) is 6.04 Å². The Morgan fingerprint density at radius 2 is 1.84 bits per heavy atom. The molecule has 1 aliphatic carbocycles. The lowest BCUT2D eigenvalue weighted by atomic mass is 10.0. The minimum atomic E-state index is 0.128. The van der Waals surface area contributed by atoms with Crippen molar-refractivity contribution in [3.05, 3.63) is 35.4 Å². The van der Waals surface area contributed by atoms with Gasteiger partial charge in [0.15, 0.2) is 0 Å². The lowest BCUT2D eigenvalue weighted by Crippen LogP contribution is -2.43. The zero-order chi connectivity index (χ0) is 13.1. The standard InChI is InChI=1S/C16H22N2O/c19-16(17-15-9-3-4-10-15)18-11-5-8-13-6-1-2-7-14(13)12-18/h1-2,6-7,15H,3-5,8-12H2,(H,17,19). The molecule has 1 aromatic carbocycles. The molecule has 2 aliphatic rings. The van der Waals surface area contributed by atoms with E-state index in [1.165, 1.54) is 24.0 Å². The third-order valence-electron chi connectivity index (χ3n) is 4.32. The highest BCUT2D eigenvalue weighted by atomic mass is 16.2. The van der Waals surface area contributed by atoms with E-state index in [1.807, 2.05) is 4.90 Å². The molecule has 3 nitrogen and oxygen atoms in total. The molecule has 1 aliphatic heterocycles. The number of fused-ring (bicyclic) bond motifs is 1. The van der Waals surface area contributed by atoms with E-state index < -0.39 is 0 Å². The molecule has 1 fully saturated rings. The van der Waals surface area contributed by atoms with Crippen molar-refractivity contribution in [3.63, 3.8) is 0 Å². The number of nitrogens with one attached hydrogen (secondary N) is 1. The Labute approximate surface area is 115 Å². The van der Waals surface area contributed by atoms with E-state index in [-0.39, 0.29) is 6.03 Å². The van der Waals surface area contributed by atoms with E-state index in [4.69, 9.17) is 0 Å². The molecular weight excluding hydrogens is 236 g/mol. The molecule has 19 heavy (non-hydrogen) atoms. The molecule has 0 radical (unpaired) electrons. The number of amides is 2. The third-order valence-corrected chi connectivity index (χ3v) is 4.32. The molecule has 0 spiro atoms. The zero-order valence-corrected chi connectivity index (χ0v) is 11.4. The quantitative estimate of drug-likeness (QED) is 0.825. The van der Waals surface area contributed by atoms with Crippen molar-refractivity contribution in [3.8, 4) is 0 Å². The van der Waals surface area contributed by atoms with Crippen LogP contribution in [0.4, 0.5) is 4.79 Å². The number of carbonyl (C=O) groups is 1. The fourth-order valence-electron chi connectivity index (χ4n) is 3.21. The van der Waals surface area contributed by atoms with Crippen molar-refractivity contribution < 1.29 is 4.79 Å². The van der Waals surface area contributed by atoms with Crippen molar-refractivity contribution in [2.45, 2.75) is 51.1 Å². The van der Waals surface area contributed by atoms with E-state index >= 15 is 0 Å². The van der Waals surface area contributed by atoms with E-state index in [9.17, 15) is 4.79 Å². The van der Waals surface area contributed by atoms with Gasteiger partial charge in [-0.1, -0.05) is 37.1 Å². The molecule has 0 bridgehead atoms. The maximum Gasteiger partial charge on any atom is 0.317 e. The van der Waals surface area contributed by atoms with Crippen LogP contribution >= 0.6 is 0 Å². The number of benzene rings is 1. The number of rotatable bonds is 1. The molecule has 0 unspecified atom stereocenters. The molecule has 1 heterocycles. The lowest BCUT2D eigenvalue weighted by molar-refractivity contribution is 0.192. The average Bonchev–Trinajstić information content (AvgIpc) is 2.82. The SMILES string of the molecule is O=C(NC1CCCC1)N1CCCc2ccccc2C1. The summed E-state index contributed by atoms with van der Waals surface area (Å²) in [6, 6.07) is 9.03. The van der Waals surface area contributed by atoms with Gasteiger partial charge < -0.3 is 10.2 Å². The summed E-state index contributed by atoms with van der Waals surface area (Å²) < 4.78 is 0. The predicted molar refractivity (Wildman–Crippen MR) is 76.0 cm³/mol. The molecule has 2 amide bonds. The van der Waals surface area contributed by atoms with Crippen LogP contribution in [-0.4, -0.2) is 23.5 Å². The number of hydrogen-bond acceptors (Lipinski definition) is 1. The highest BCUT2D eigenvalue weighted by molar-refractivity contribution is 5.74. The molecule has 0 aromatic heterocycles. The van der Waals surface area contributed by atoms with Crippen LogP contribution in [0.2, 0.25) is 0 Å². The van der Waals surface area contributed by atoms with Crippen LogP contribution in [0.1, 0.15) is 43.2 Å². The topological polar surface area (TPSA) is 32.3 Å². The van der Waals surface area contributed by atoms with Crippen LogP contribution < -0.4 is 5.32 Å². The van der Waals surface area contributed by atoms with Crippen LogP contribution in [0.5, 0.6) is 0 Å². The molecule has 0 atom stereocenters. The number of aryl methyl sites for hydroxylation is 1. The Morgan fingerprint density at radius 1 is 1.11 bits per heavy atom. The number of urea groups is 1. The molecule has 3 heteroatoms. The number of nitrogens with zero attached hydrogens (tertiary/aromatic N) is 1. The first-order valence-corrected chi connectivity index (χ1v) is 7.45. The summed E-state index contributed by atoms with van der Waals surface area (Å²) in [5, 5.41) is 3.19.